The summed E-state index contributed by atoms with van der Waals surface area (Å²) < 4.78 is 46.7. The van der Waals surface area contributed by atoms with Crippen molar-refractivity contribution in [2.45, 2.75) is 33.1 Å². The molecule has 7 heteroatoms. The van der Waals surface area contributed by atoms with Gasteiger partial charge in [-0.15, -0.1) is 0 Å². The zero-order valence-corrected chi connectivity index (χ0v) is 12.9. The lowest BCUT2D eigenvalue weighted by molar-refractivity contribution is -0.434. The molecule has 0 radical (unpaired) electrons. The highest BCUT2D eigenvalue weighted by atomic mass is 19.5. The molecule has 0 saturated heterocycles. The lowest BCUT2D eigenvalue weighted by Crippen LogP contribution is -2.26. The van der Waals surface area contributed by atoms with Gasteiger partial charge >= 0.3 is 7.25 Å². The topological polar surface area (TPSA) is 12.2 Å². The van der Waals surface area contributed by atoms with E-state index in [4.69, 9.17) is 4.74 Å². The zero-order valence-electron chi connectivity index (χ0n) is 12.9. The number of ether oxygens (including phenoxy) is 1. The first-order valence-electron chi connectivity index (χ1n) is 6.69. The van der Waals surface area contributed by atoms with Crippen LogP contribution in [0.3, 0.4) is 0 Å². The molecule has 0 bridgehead atoms. The van der Waals surface area contributed by atoms with Crippen molar-refractivity contribution < 1.29 is 26.6 Å². The summed E-state index contributed by atoms with van der Waals surface area (Å²) in [6.07, 6.45) is 0. The Kier molecular flexibility index (Phi) is 5.07. The van der Waals surface area contributed by atoms with Crippen LogP contribution in [-0.2, 0) is 5.41 Å². The second kappa shape index (κ2) is 6.07. The summed E-state index contributed by atoms with van der Waals surface area (Å²) in [5.41, 5.74) is 4.22. The van der Waals surface area contributed by atoms with Gasteiger partial charge in [-0.3, -0.25) is 0 Å². The quantitative estimate of drug-likeness (QED) is 0.448. The molecule has 118 valence electrons. The molecular formula is C14H20BF4NO. The van der Waals surface area contributed by atoms with E-state index in [0.717, 1.165) is 12.3 Å². The third-order valence-corrected chi connectivity index (χ3v) is 3.79. The highest BCUT2D eigenvalue weighted by molar-refractivity contribution is 6.50. The molecule has 0 aromatic heterocycles. The van der Waals surface area contributed by atoms with Crippen LogP contribution in [0, 0.1) is 0 Å². The van der Waals surface area contributed by atoms with E-state index in [-0.39, 0.29) is 5.41 Å². The summed E-state index contributed by atoms with van der Waals surface area (Å²) in [7, 11) is -4.28. The van der Waals surface area contributed by atoms with Crippen molar-refractivity contribution in [3.05, 3.63) is 23.8 Å². The molecule has 1 aromatic carbocycles. The number of fused-ring (bicyclic) bond motifs is 1. The van der Waals surface area contributed by atoms with E-state index in [0.29, 0.717) is 0 Å². The Bertz CT molecular complexity index is 546. The predicted octanol–water partition coefficient (Wildman–Crippen LogP) is 4.41. The van der Waals surface area contributed by atoms with Crippen molar-refractivity contribution in [1.82, 2.24) is 0 Å². The van der Waals surface area contributed by atoms with Gasteiger partial charge in [0.2, 0.25) is 5.69 Å². The number of nitrogens with zero attached hydrogens (tertiary/aromatic N) is 1. The van der Waals surface area contributed by atoms with Gasteiger partial charge in [-0.25, -0.2) is 0 Å². The third kappa shape index (κ3) is 3.98. The summed E-state index contributed by atoms with van der Waals surface area (Å²) in [6, 6.07) is 6.36. The van der Waals surface area contributed by atoms with Gasteiger partial charge in [0.05, 0.1) is 12.5 Å². The van der Waals surface area contributed by atoms with Crippen molar-refractivity contribution in [2.75, 3.05) is 13.7 Å². The maximum atomic E-state index is 9.75. The lowest BCUT2D eigenvalue weighted by Gasteiger charge is -2.15. The summed E-state index contributed by atoms with van der Waals surface area (Å²) in [6.45, 7) is 9.98. The van der Waals surface area contributed by atoms with Crippen LogP contribution in [-0.4, -0.2) is 31.2 Å². The minimum absolute atomic E-state index is 0.111. The highest BCUT2D eigenvalue weighted by Gasteiger charge is 2.42. The monoisotopic (exact) mass is 305 g/mol. The van der Waals surface area contributed by atoms with Crippen LogP contribution in [0.4, 0.5) is 23.0 Å². The molecule has 1 aromatic rings. The average Bonchev–Trinajstić information content (AvgIpc) is 2.55. The summed E-state index contributed by atoms with van der Waals surface area (Å²) >= 11 is 0. The first kappa shape index (κ1) is 17.5. The fraction of sp³-hybridized carbons (Fsp3) is 0.500. The number of benzene rings is 1. The average molecular weight is 305 g/mol. The smallest absolute Gasteiger partial charge is 0.497 e. The van der Waals surface area contributed by atoms with Gasteiger partial charge < -0.3 is 22.0 Å². The summed E-state index contributed by atoms with van der Waals surface area (Å²) in [5.74, 6) is 0.942. The highest BCUT2D eigenvalue weighted by Crippen LogP contribution is 2.41. The van der Waals surface area contributed by atoms with Gasteiger partial charge in [-0.05, 0) is 32.9 Å². The Morgan fingerprint density at radius 3 is 2.14 bits per heavy atom. The van der Waals surface area contributed by atoms with Crippen molar-refractivity contribution in [3.63, 3.8) is 0 Å². The molecule has 0 saturated carbocycles. The molecule has 1 aliphatic rings. The maximum Gasteiger partial charge on any atom is 0.673 e. The summed E-state index contributed by atoms with van der Waals surface area (Å²) in [4.78, 5) is 0. The molecule has 0 atom stereocenters. The second-order valence-electron chi connectivity index (χ2n) is 5.33. The van der Waals surface area contributed by atoms with Crippen molar-refractivity contribution in [2.24, 2.45) is 0 Å². The van der Waals surface area contributed by atoms with E-state index in [1.165, 1.54) is 17.0 Å². The minimum atomic E-state index is -6.00. The van der Waals surface area contributed by atoms with Gasteiger partial charge in [0, 0.05) is 18.6 Å². The summed E-state index contributed by atoms with van der Waals surface area (Å²) in [5, 5.41) is 0. The van der Waals surface area contributed by atoms with Crippen LogP contribution in [0.15, 0.2) is 18.2 Å². The van der Waals surface area contributed by atoms with Gasteiger partial charge in [-0.2, -0.15) is 4.58 Å². The van der Waals surface area contributed by atoms with Gasteiger partial charge in [0.1, 0.15) is 12.3 Å². The molecule has 0 fully saturated rings. The molecule has 21 heavy (non-hydrogen) atoms. The maximum absolute atomic E-state index is 9.75. The molecule has 0 N–H and O–H groups in total. The van der Waals surface area contributed by atoms with Crippen LogP contribution in [0.2, 0.25) is 0 Å². The van der Waals surface area contributed by atoms with E-state index in [9.17, 15) is 17.3 Å². The van der Waals surface area contributed by atoms with E-state index in [2.05, 4.69) is 44.4 Å². The first-order valence-corrected chi connectivity index (χ1v) is 6.69. The number of methoxy groups -OCH3 is 1. The molecule has 0 spiro atoms. The largest absolute Gasteiger partial charge is 0.673 e. The molecule has 1 aliphatic heterocycles. The van der Waals surface area contributed by atoms with Crippen molar-refractivity contribution in [1.29, 1.82) is 0 Å². The van der Waals surface area contributed by atoms with Crippen molar-refractivity contribution in [3.8, 4) is 5.75 Å². The van der Waals surface area contributed by atoms with Gasteiger partial charge in [0.15, 0.2) is 5.71 Å². The molecular weight excluding hydrogens is 285 g/mol. The fourth-order valence-electron chi connectivity index (χ4n) is 2.50. The fourth-order valence-corrected chi connectivity index (χ4v) is 2.50. The zero-order chi connectivity index (χ0) is 16.4. The van der Waals surface area contributed by atoms with Gasteiger partial charge in [-0.1, -0.05) is 0 Å². The van der Waals surface area contributed by atoms with Crippen LogP contribution >= 0.6 is 0 Å². The van der Waals surface area contributed by atoms with Gasteiger partial charge in [0.25, 0.3) is 0 Å². The van der Waals surface area contributed by atoms with Crippen LogP contribution in [0.25, 0.3) is 0 Å². The molecule has 1 heterocycles. The standard InChI is InChI=1S/C14H20NO.BF4/c1-6-15-10(2)14(3,4)12-9-11(16-5)7-8-13(12)15;2-1(3,4)5/h7-9H,6H2,1-5H3;/q+1;-1. The van der Waals surface area contributed by atoms with Crippen molar-refractivity contribution >= 4 is 18.7 Å². The Morgan fingerprint density at radius 1 is 1.19 bits per heavy atom. The van der Waals surface area contributed by atoms with E-state index < -0.39 is 7.25 Å². The number of halogens is 4. The lowest BCUT2D eigenvalue weighted by atomic mass is 9.82. The predicted molar refractivity (Wildman–Crippen MR) is 77.3 cm³/mol. The molecule has 0 aliphatic carbocycles. The Morgan fingerprint density at radius 2 is 1.71 bits per heavy atom. The Hall–Kier alpha value is -1.53. The van der Waals surface area contributed by atoms with Crippen LogP contribution in [0.5, 0.6) is 5.75 Å². The van der Waals surface area contributed by atoms with Crippen LogP contribution in [0.1, 0.15) is 33.3 Å². The molecule has 2 rings (SSSR count). The second-order valence-corrected chi connectivity index (χ2v) is 5.33. The molecule has 2 nitrogen and oxygen atoms in total. The van der Waals surface area contributed by atoms with E-state index in [1.807, 2.05) is 6.07 Å². The van der Waals surface area contributed by atoms with Crippen LogP contribution < -0.4 is 4.74 Å². The molecule has 0 unspecified atom stereocenters. The minimum Gasteiger partial charge on any atom is -0.497 e. The number of rotatable bonds is 2. The SMILES string of the molecule is CC[N+]1=C(C)C(C)(C)c2cc(OC)ccc21.F[B-](F)(F)F. The number of hydrogen-bond donors (Lipinski definition) is 0. The van der Waals surface area contributed by atoms with E-state index in [1.54, 1.807) is 7.11 Å². The third-order valence-electron chi connectivity index (χ3n) is 3.79. The Labute approximate surface area is 122 Å². The first-order chi connectivity index (χ1) is 9.52. The molecule has 0 amide bonds. The normalized spacial score (nSPS) is 16.2. The Balaban J connectivity index is 0.000000383. The number of hydrogen-bond acceptors (Lipinski definition) is 1. The van der Waals surface area contributed by atoms with E-state index >= 15 is 0 Å².